The molecule has 0 unspecified atom stereocenters. The maximum atomic E-state index is 13.2. The summed E-state index contributed by atoms with van der Waals surface area (Å²) in [5.41, 5.74) is 9.97. The number of anilines is 2. The fourth-order valence-electron chi connectivity index (χ4n) is 3.65. The minimum atomic E-state index is -0.337. The van der Waals surface area contributed by atoms with E-state index in [1.807, 2.05) is 28.8 Å². The molecule has 1 amide bonds. The van der Waals surface area contributed by atoms with E-state index in [1.165, 1.54) is 0 Å². The molecule has 3 heterocycles. The van der Waals surface area contributed by atoms with E-state index in [0.717, 1.165) is 23.9 Å². The molecule has 30 heavy (non-hydrogen) atoms. The monoisotopic (exact) mass is 403 g/mol. The van der Waals surface area contributed by atoms with Crippen molar-refractivity contribution in [2.24, 2.45) is 0 Å². The van der Waals surface area contributed by atoms with Gasteiger partial charge in [0.25, 0.3) is 5.91 Å². The third-order valence-electron chi connectivity index (χ3n) is 5.18. The molecule has 0 saturated heterocycles. The molecule has 0 radical (unpaired) electrons. The fourth-order valence-corrected chi connectivity index (χ4v) is 3.65. The van der Waals surface area contributed by atoms with E-state index in [0.29, 0.717) is 46.3 Å². The van der Waals surface area contributed by atoms with Crippen LogP contribution >= 0.6 is 0 Å². The van der Waals surface area contributed by atoms with Crippen molar-refractivity contribution in [1.82, 2.24) is 14.5 Å². The summed E-state index contributed by atoms with van der Waals surface area (Å²) in [4.78, 5) is 22.7. The highest BCUT2D eigenvalue weighted by Crippen LogP contribution is 2.35. The summed E-state index contributed by atoms with van der Waals surface area (Å²) in [5, 5.41) is 2.90. The summed E-state index contributed by atoms with van der Waals surface area (Å²) < 4.78 is 12.6. The van der Waals surface area contributed by atoms with Gasteiger partial charge in [-0.2, -0.15) is 0 Å². The molecule has 0 saturated carbocycles. The lowest BCUT2D eigenvalue weighted by atomic mass is 10.2. The summed E-state index contributed by atoms with van der Waals surface area (Å²) in [6.45, 7) is 2.95. The number of rotatable bonds is 5. The third-order valence-corrected chi connectivity index (χ3v) is 5.18. The number of fused-ring (bicyclic) bond motifs is 3. The lowest BCUT2D eigenvalue weighted by molar-refractivity contribution is 0.102. The van der Waals surface area contributed by atoms with Gasteiger partial charge in [-0.3, -0.25) is 4.79 Å². The number of carbonyl (C=O) groups is 1. The molecule has 0 bridgehead atoms. The van der Waals surface area contributed by atoms with Crippen LogP contribution in [0.4, 0.5) is 11.5 Å². The predicted molar refractivity (Wildman–Crippen MR) is 115 cm³/mol. The Morgan fingerprint density at radius 2 is 1.90 bits per heavy atom. The first kappa shape index (κ1) is 18.2. The number of nitrogen functional groups attached to an aromatic ring is 1. The molecule has 2 aromatic heterocycles. The Bertz CT molecular complexity index is 1280. The van der Waals surface area contributed by atoms with Gasteiger partial charge in [0.05, 0.1) is 11.0 Å². The fraction of sp³-hybridized carbons (Fsp3) is 0.227. The summed E-state index contributed by atoms with van der Waals surface area (Å²) in [6.07, 6.45) is 1.92. The van der Waals surface area contributed by atoms with Crippen molar-refractivity contribution in [3.8, 4) is 11.5 Å². The molecule has 5 rings (SSSR count). The van der Waals surface area contributed by atoms with Crippen LogP contribution in [0.25, 0.3) is 22.2 Å². The van der Waals surface area contributed by atoms with Crippen LogP contribution in [0.15, 0.2) is 42.5 Å². The van der Waals surface area contributed by atoms with Crippen LogP contribution in [-0.2, 0) is 6.54 Å². The second-order valence-electron chi connectivity index (χ2n) is 7.17. The standard InChI is InChI=1S/C22H21N5O3/c1-2-3-10-27-20(23)18(19-21(27)26-15-7-5-4-6-14(15)25-19)22(28)24-13-8-9-16-17(11-13)30-12-29-16/h4-9,11H,2-3,10,12,23H2,1H3,(H,24,28). The lowest BCUT2D eigenvalue weighted by Crippen LogP contribution is -2.14. The summed E-state index contributed by atoms with van der Waals surface area (Å²) >= 11 is 0. The first-order valence-corrected chi connectivity index (χ1v) is 9.91. The highest BCUT2D eigenvalue weighted by atomic mass is 16.7. The van der Waals surface area contributed by atoms with Crippen molar-refractivity contribution < 1.29 is 14.3 Å². The first-order valence-electron chi connectivity index (χ1n) is 9.91. The Labute approximate surface area is 172 Å². The summed E-state index contributed by atoms with van der Waals surface area (Å²) in [7, 11) is 0. The van der Waals surface area contributed by atoms with E-state index in [-0.39, 0.29) is 12.7 Å². The maximum absolute atomic E-state index is 13.2. The number of amides is 1. The van der Waals surface area contributed by atoms with Gasteiger partial charge >= 0.3 is 0 Å². The zero-order valence-corrected chi connectivity index (χ0v) is 16.5. The Morgan fingerprint density at radius 1 is 1.13 bits per heavy atom. The molecule has 1 aliphatic heterocycles. The highest BCUT2D eigenvalue weighted by Gasteiger charge is 2.24. The molecule has 8 nitrogen and oxygen atoms in total. The number of para-hydroxylation sites is 2. The van der Waals surface area contributed by atoms with Crippen LogP contribution in [0.3, 0.4) is 0 Å². The van der Waals surface area contributed by atoms with E-state index in [4.69, 9.17) is 25.2 Å². The molecule has 0 atom stereocenters. The molecule has 0 fully saturated rings. The van der Waals surface area contributed by atoms with Crippen molar-refractivity contribution in [1.29, 1.82) is 0 Å². The van der Waals surface area contributed by atoms with Crippen molar-refractivity contribution in [3.05, 3.63) is 48.0 Å². The number of hydrogen-bond acceptors (Lipinski definition) is 6. The Balaban J connectivity index is 1.60. The zero-order chi connectivity index (χ0) is 20.7. The average molecular weight is 403 g/mol. The van der Waals surface area contributed by atoms with Gasteiger partial charge in [-0.15, -0.1) is 0 Å². The van der Waals surface area contributed by atoms with Crippen LogP contribution in [0, 0.1) is 0 Å². The Morgan fingerprint density at radius 3 is 2.70 bits per heavy atom. The van der Waals surface area contributed by atoms with Gasteiger partial charge in [0, 0.05) is 18.3 Å². The van der Waals surface area contributed by atoms with Crippen LogP contribution in [0.5, 0.6) is 11.5 Å². The minimum absolute atomic E-state index is 0.174. The molecule has 0 aliphatic carbocycles. The van der Waals surface area contributed by atoms with E-state index in [9.17, 15) is 4.79 Å². The highest BCUT2D eigenvalue weighted by molar-refractivity contribution is 6.16. The molecule has 1 aliphatic rings. The number of benzene rings is 2. The summed E-state index contributed by atoms with van der Waals surface area (Å²) in [6, 6.07) is 12.8. The predicted octanol–water partition coefficient (Wildman–Crippen LogP) is 3.95. The van der Waals surface area contributed by atoms with Gasteiger partial charge in [-0.05, 0) is 30.7 Å². The van der Waals surface area contributed by atoms with E-state index in [2.05, 4.69) is 12.2 Å². The summed E-state index contributed by atoms with van der Waals surface area (Å²) in [5.74, 6) is 1.28. The molecule has 2 aromatic carbocycles. The van der Waals surface area contributed by atoms with Gasteiger partial charge in [-0.25, -0.2) is 9.97 Å². The van der Waals surface area contributed by atoms with Gasteiger partial charge in [0.15, 0.2) is 17.1 Å². The largest absolute Gasteiger partial charge is 0.454 e. The van der Waals surface area contributed by atoms with E-state index >= 15 is 0 Å². The average Bonchev–Trinajstić information content (AvgIpc) is 3.32. The quantitative estimate of drug-likeness (QED) is 0.523. The van der Waals surface area contributed by atoms with Crippen LogP contribution in [-0.4, -0.2) is 27.2 Å². The van der Waals surface area contributed by atoms with Gasteiger partial charge in [-0.1, -0.05) is 25.5 Å². The normalized spacial score (nSPS) is 12.6. The van der Waals surface area contributed by atoms with Crippen molar-refractivity contribution in [3.63, 3.8) is 0 Å². The second kappa shape index (κ2) is 7.22. The number of hydrogen-bond donors (Lipinski definition) is 2. The van der Waals surface area contributed by atoms with Crippen molar-refractivity contribution in [2.75, 3.05) is 17.8 Å². The van der Waals surface area contributed by atoms with Crippen LogP contribution in [0.2, 0.25) is 0 Å². The van der Waals surface area contributed by atoms with Crippen LogP contribution in [0.1, 0.15) is 30.1 Å². The number of carbonyl (C=O) groups excluding carboxylic acids is 1. The lowest BCUT2D eigenvalue weighted by Gasteiger charge is -2.08. The topological polar surface area (TPSA) is 104 Å². The minimum Gasteiger partial charge on any atom is -0.454 e. The van der Waals surface area contributed by atoms with Gasteiger partial charge in [0.2, 0.25) is 6.79 Å². The Kier molecular flexibility index (Phi) is 4.39. The molecule has 4 aromatic rings. The first-order chi connectivity index (χ1) is 14.7. The Hall–Kier alpha value is -3.81. The molecule has 8 heteroatoms. The number of ether oxygens (including phenoxy) is 2. The number of nitrogens with two attached hydrogens (primary N) is 1. The van der Waals surface area contributed by atoms with Crippen molar-refractivity contribution >= 4 is 39.6 Å². The SMILES string of the molecule is CCCCn1c(N)c(C(=O)Nc2ccc3c(c2)OCO3)c2nc3ccccc3nc21. The molecule has 0 spiro atoms. The maximum Gasteiger partial charge on any atom is 0.261 e. The van der Waals surface area contributed by atoms with Gasteiger partial charge < -0.3 is 25.1 Å². The third kappa shape index (κ3) is 2.97. The molecular weight excluding hydrogens is 382 g/mol. The van der Waals surface area contributed by atoms with E-state index < -0.39 is 0 Å². The molecule has 3 N–H and O–H groups in total. The van der Waals surface area contributed by atoms with Crippen LogP contribution < -0.4 is 20.5 Å². The number of aromatic nitrogens is 3. The number of unbranched alkanes of at least 4 members (excludes halogenated alkanes) is 1. The van der Waals surface area contributed by atoms with Crippen molar-refractivity contribution in [2.45, 2.75) is 26.3 Å². The smallest absolute Gasteiger partial charge is 0.261 e. The number of aryl methyl sites for hydroxylation is 1. The zero-order valence-electron chi connectivity index (χ0n) is 16.5. The second-order valence-corrected chi connectivity index (χ2v) is 7.17. The number of nitrogens with one attached hydrogen (secondary N) is 1. The molecular formula is C22H21N5O3. The number of nitrogens with zero attached hydrogens (tertiary/aromatic N) is 3. The van der Waals surface area contributed by atoms with E-state index in [1.54, 1.807) is 18.2 Å². The van der Waals surface area contributed by atoms with Gasteiger partial charge in [0.1, 0.15) is 16.9 Å². The molecule has 152 valence electrons.